The average molecular weight is 359 g/mol. The second-order valence-electron chi connectivity index (χ2n) is 6.83. The van der Waals surface area contributed by atoms with Crippen molar-refractivity contribution in [3.63, 3.8) is 0 Å². The van der Waals surface area contributed by atoms with Gasteiger partial charge in [0.2, 0.25) is 0 Å². The van der Waals surface area contributed by atoms with Crippen molar-refractivity contribution in [1.29, 1.82) is 0 Å². The summed E-state index contributed by atoms with van der Waals surface area (Å²) in [5.74, 6) is -0.0862. The zero-order valence-corrected chi connectivity index (χ0v) is 16.1. The molecule has 0 atom stereocenters. The zero-order chi connectivity index (χ0) is 19.2. The van der Waals surface area contributed by atoms with Crippen LogP contribution in [0.25, 0.3) is 0 Å². The third kappa shape index (κ3) is 4.94. The first-order chi connectivity index (χ1) is 13.0. The van der Waals surface area contributed by atoms with Crippen LogP contribution in [0.2, 0.25) is 0 Å². The summed E-state index contributed by atoms with van der Waals surface area (Å²) < 4.78 is 0. The van der Waals surface area contributed by atoms with E-state index < -0.39 is 0 Å². The van der Waals surface area contributed by atoms with Crippen LogP contribution < -0.4 is 10.2 Å². The van der Waals surface area contributed by atoms with Gasteiger partial charge < -0.3 is 10.2 Å². The quantitative estimate of drug-likeness (QED) is 0.698. The maximum absolute atomic E-state index is 12.4. The SMILES string of the molecule is Cc1ccc(C(=O)Nc2ccc(N(C)CCc3ccncc3)cc2)cc1C. The first kappa shape index (κ1) is 18.6. The van der Waals surface area contributed by atoms with Crippen LogP contribution in [-0.4, -0.2) is 24.5 Å². The number of pyridine rings is 1. The molecule has 0 fully saturated rings. The van der Waals surface area contributed by atoms with Crippen LogP contribution in [0.15, 0.2) is 67.0 Å². The van der Waals surface area contributed by atoms with Crippen molar-refractivity contribution in [2.45, 2.75) is 20.3 Å². The Morgan fingerprint density at radius 3 is 2.33 bits per heavy atom. The first-order valence-electron chi connectivity index (χ1n) is 9.11. The van der Waals surface area contributed by atoms with Crippen molar-refractivity contribution < 1.29 is 4.79 Å². The Bertz CT molecular complexity index is 905. The minimum absolute atomic E-state index is 0.0862. The fourth-order valence-corrected chi connectivity index (χ4v) is 2.86. The van der Waals surface area contributed by atoms with Gasteiger partial charge in [-0.15, -0.1) is 0 Å². The van der Waals surface area contributed by atoms with E-state index in [1.165, 1.54) is 11.1 Å². The highest BCUT2D eigenvalue weighted by Gasteiger charge is 2.08. The van der Waals surface area contributed by atoms with E-state index in [0.717, 1.165) is 29.9 Å². The summed E-state index contributed by atoms with van der Waals surface area (Å²) in [6, 6.07) is 17.8. The zero-order valence-electron chi connectivity index (χ0n) is 16.1. The Kier molecular flexibility index (Phi) is 5.87. The Hall–Kier alpha value is -3.14. The van der Waals surface area contributed by atoms with Gasteiger partial charge >= 0.3 is 0 Å². The number of hydrogen-bond acceptors (Lipinski definition) is 3. The molecular formula is C23H25N3O. The summed E-state index contributed by atoms with van der Waals surface area (Å²) in [6.07, 6.45) is 4.61. The van der Waals surface area contributed by atoms with E-state index in [4.69, 9.17) is 0 Å². The summed E-state index contributed by atoms with van der Waals surface area (Å²) >= 11 is 0. The van der Waals surface area contributed by atoms with E-state index in [2.05, 4.69) is 22.2 Å². The Morgan fingerprint density at radius 1 is 0.963 bits per heavy atom. The van der Waals surface area contributed by atoms with Gasteiger partial charge in [0, 0.05) is 42.9 Å². The lowest BCUT2D eigenvalue weighted by Gasteiger charge is -2.19. The predicted molar refractivity (Wildman–Crippen MR) is 112 cm³/mol. The molecule has 0 aliphatic heterocycles. The molecule has 1 amide bonds. The van der Waals surface area contributed by atoms with E-state index in [-0.39, 0.29) is 5.91 Å². The van der Waals surface area contributed by atoms with Gasteiger partial charge in [0.05, 0.1) is 0 Å². The Labute approximate surface area is 160 Å². The molecule has 0 aliphatic rings. The van der Waals surface area contributed by atoms with Crippen molar-refractivity contribution in [1.82, 2.24) is 4.98 Å². The van der Waals surface area contributed by atoms with E-state index in [1.807, 2.05) is 80.8 Å². The molecule has 27 heavy (non-hydrogen) atoms. The number of nitrogens with zero attached hydrogens (tertiary/aromatic N) is 2. The number of nitrogens with one attached hydrogen (secondary N) is 1. The predicted octanol–water partition coefficient (Wildman–Crippen LogP) is 4.63. The van der Waals surface area contributed by atoms with Crippen LogP contribution in [0, 0.1) is 13.8 Å². The molecule has 2 aromatic carbocycles. The largest absolute Gasteiger partial charge is 0.374 e. The molecular weight excluding hydrogens is 334 g/mol. The fraction of sp³-hybridized carbons (Fsp3) is 0.217. The number of benzene rings is 2. The van der Waals surface area contributed by atoms with Gasteiger partial charge in [-0.3, -0.25) is 9.78 Å². The smallest absolute Gasteiger partial charge is 0.255 e. The monoisotopic (exact) mass is 359 g/mol. The molecule has 1 aromatic heterocycles. The van der Waals surface area contributed by atoms with E-state index in [0.29, 0.717) is 5.56 Å². The van der Waals surface area contributed by atoms with Crippen LogP contribution in [0.5, 0.6) is 0 Å². The van der Waals surface area contributed by atoms with Crippen LogP contribution in [0.3, 0.4) is 0 Å². The summed E-state index contributed by atoms with van der Waals surface area (Å²) in [7, 11) is 2.07. The summed E-state index contributed by atoms with van der Waals surface area (Å²) in [5.41, 5.74) is 6.17. The molecule has 0 aliphatic carbocycles. The normalized spacial score (nSPS) is 10.5. The maximum Gasteiger partial charge on any atom is 0.255 e. The second-order valence-corrected chi connectivity index (χ2v) is 6.83. The Morgan fingerprint density at radius 2 is 1.67 bits per heavy atom. The van der Waals surface area contributed by atoms with Gasteiger partial charge in [0.15, 0.2) is 0 Å². The minimum atomic E-state index is -0.0862. The van der Waals surface area contributed by atoms with Crippen molar-refractivity contribution >= 4 is 17.3 Å². The lowest BCUT2D eigenvalue weighted by Crippen LogP contribution is -2.20. The Balaban J connectivity index is 1.59. The summed E-state index contributed by atoms with van der Waals surface area (Å²) in [4.78, 5) is 18.7. The second kappa shape index (κ2) is 8.49. The summed E-state index contributed by atoms with van der Waals surface area (Å²) in [5, 5.41) is 2.96. The number of rotatable bonds is 6. The highest BCUT2D eigenvalue weighted by molar-refractivity contribution is 6.04. The molecule has 1 N–H and O–H groups in total. The van der Waals surface area contributed by atoms with Gasteiger partial charge in [-0.1, -0.05) is 6.07 Å². The van der Waals surface area contributed by atoms with Gasteiger partial charge in [-0.05, 0) is 85.5 Å². The van der Waals surface area contributed by atoms with Crippen molar-refractivity contribution in [2.75, 3.05) is 23.8 Å². The van der Waals surface area contributed by atoms with Crippen molar-refractivity contribution in [2.24, 2.45) is 0 Å². The van der Waals surface area contributed by atoms with Gasteiger partial charge in [0.1, 0.15) is 0 Å². The van der Waals surface area contributed by atoms with E-state index in [1.54, 1.807) is 0 Å². The number of carbonyl (C=O) groups is 1. The number of anilines is 2. The number of carbonyl (C=O) groups excluding carboxylic acids is 1. The van der Waals surface area contributed by atoms with Crippen LogP contribution in [-0.2, 0) is 6.42 Å². The number of aromatic nitrogens is 1. The highest BCUT2D eigenvalue weighted by Crippen LogP contribution is 2.18. The molecule has 3 rings (SSSR count). The average Bonchev–Trinajstić information content (AvgIpc) is 2.69. The molecule has 0 radical (unpaired) electrons. The van der Waals surface area contributed by atoms with Gasteiger partial charge in [0.25, 0.3) is 5.91 Å². The van der Waals surface area contributed by atoms with Crippen LogP contribution in [0.1, 0.15) is 27.0 Å². The van der Waals surface area contributed by atoms with E-state index >= 15 is 0 Å². The molecule has 4 nitrogen and oxygen atoms in total. The molecule has 0 bridgehead atoms. The molecule has 0 unspecified atom stereocenters. The third-order valence-corrected chi connectivity index (χ3v) is 4.82. The topological polar surface area (TPSA) is 45.2 Å². The molecule has 138 valence electrons. The van der Waals surface area contributed by atoms with Crippen LogP contribution >= 0.6 is 0 Å². The van der Waals surface area contributed by atoms with E-state index in [9.17, 15) is 4.79 Å². The van der Waals surface area contributed by atoms with Crippen LogP contribution in [0.4, 0.5) is 11.4 Å². The molecule has 0 spiro atoms. The number of likely N-dealkylation sites (N-methyl/N-ethyl adjacent to an activating group) is 1. The standard InChI is InChI=1S/C23H25N3O/c1-17-4-5-20(16-18(17)2)23(27)25-21-6-8-22(9-7-21)26(3)15-12-19-10-13-24-14-11-19/h4-11,13-14,16H,12,15H2,1-3H3,(H,25,27). The third-order valence-electron chi connectivity index (χ3n) is 4.82. The number of aryl methyl sites for hydroxylation is 2. The molecule has 0 saturated heterocycles. The summed E-state index contributed by atoms with van der Waals surface area (Å²) in [6.45, 7) is 4.97. The molecule has 3 aromatic rings. The molecule has 0 saturated carbocycles. The van der Waals surface area contributed by atoms with Crippen molar-refractivity contribution in [3.8, 4) is 0 Å². The lowest BCUT2D eigenvalue weighted by molar-refractivity contribution is 0.102. The molecule has 4 heteroatoms. The first-order valence-corrected chi connectivity index (χ1v) is 9.11. The van der Waals surface area contributed by atoms with Gasteiger partial charge in [-0.2, -0.15) is 0 Å². The highest BCUT2D eigenvalue weighted by atomic mass is 16.1. The number of amides is 1. The van der Waals surface area contributed by atoms with Crippen molar-refractivity contribution in [3.05, 3.63) is 89.2 Å². The van der Waals surface area contributed by atoms with Gasteiger partial charge in [-0.25, -0.2) is 0 Å². The fourth-order valence-electron chi connectivity index (χ4n) is 2.86. The maximum atomic E-state index is 12.4. The number of hydrogen-bond donors (Lipinski definition) is 1. The molecule has 1 heterocycles. The minimum Gasteiger partial charge on any atom is -0.374 e. The lowest BCUT2D eigenvalue weighted by atomic mass is 10.1.